The van der Waals surface area contributed by atoms with Crippen LogP contribution in [0.3, 0.4) is 0 Å². The fourth-order valence-electron chi connectivity index (χ4n) is 2.57. The minimum atomic E-state index is 1.17. The molecule has 0 heterocycles. The van der Waals surface area contributed by atoms with Gasteiger partial charge in [-0.3, -0.25) is 0 Å². The van der Waals surface area contributed by atoms with E-state index in [9.17, 15) is 0 Å². The average molecular weight is 266 g/mol. The quantitative estimate of drug-likeness (QED) is 0.663. The van der Waals surface area contributed by atoms with E-state index in [1.165, 1.54) is 44.5 Å². The number of rotatable bonds is 2. The zero-order valence-electron chi connectivity index (χ0n) is 11.4. The lowest BCUT2D eigenvalue weighted by atomic mass is 10.0. The Labute approximate surface area is 119 Å². The first-order valence-corrected chi connectivity index (χ1v) is 7.61. The van der Waals surface area contributed by atoms with Gasteiger partial charge in [-0.05, 0) is 54.7 Å². The summed E-state index contributed by atoms with van der Waals surface area (Å²) in [6.45, 7) is 4.44. The van der Waals surface area contributed by atoms with Gasteiger partial charge in [-0.1, -0.05) is 54.3 Å². The van der Waals surface area contributed by atoms with E-state index in [4.69, 9.17) is 0 Å². The molecule has 19 heavy (non-hydrogen) atoms. The lowest BCUT2D eigenvalue weighted by Crippen LogP contribution is -1.88. The smallest absolute Gasteiger partial charge is 0.0160 e. The summed E-state index contributed by atoms with van der Waals surface area (Å²) in [4.78, 5) is 2.76. The van der Waals surface area contributed by atoms with Crippen LogP contribution < -0.4 is 0 Å². The van der Waals surface area contributed by atoms with Crippen molar-refractivity contribution in [1.82, 2.24) is 0 Å². The second-order valence-corrected chi connectivity index (χ2v) is 6.17. The third-order valence-electron chi connectivity index (χ3n) is 3.66. The molecule has 0 fully saturated rings. The third-order valence-corrected chi connectivity index (χ3v) is 4.84. The van der Waals surface area contributed by atoms with Crippen LogP contribution >= 0.6 is 11.8 Å². The number of aryl methyl sites for hydroxylation is 2. The number of hydrogen-bond donors (Lipinski definition) is 0. The SMILES string of the molecule is Cc1cc(SC2=CCCC=C2)c(C)c2ccccc12. The molecule has 0 nitrogen and oxygen atoms in total. The van der Waals surface area contributed by atoms with Crippen LogP contribution in [0.25, 0.3) is 10.8 Å². The highest BCUT2D eigenvalue weighted by Gasteiger charge is 2.09. The van der Waals surface area contributed by atoms with Gasteiger partial charge in [0.2, 0.25) is 0 Å². The first-order chi connectivity index (χ1) is 9.25. The fraction of sp³-hybridized carbons (Fsp3) is 0.222. The molecule has 1 aliphatic rings. The van der Waals surface area contributed by atoms with Gasteiger partial charge in [0.25, 0.3) is 0 Å². The van der Waals surface area contributed by atoms with E-state index in [0.29, 0.717) is 0 Å². The summed E-state index contributed by atoms with van der Waals surface area (Å²) < 4.78 is 0. The highest BCUT2D eigenvalue weighted by Crippen LogP contribution is 2.36. The Kier molecular flexibility index (Phi) is 3.48. The van der Waals surface area contributed by atoms with Gasteiger partial charge in [0.1, 0.15) is 0 Å². The first kappa shape index (κ1) is 12.6. The monoisotopic (exact) mass is 266 g/mol. The molecule has 2 aromatic rings. The van der Waals surface area contributed by atoms with Gasteiger partial charge in [-0.25, -0.2) is 0 Å². The predicted octanol–water partition coefficient (Wildman–Crippen LogP) is 5.78. The summed E-state index contributed by atoms with van der Waals surface area (Å²) in [6, 6.07) is 11.0. The van der Waals surface area contributed by atoms with Crippen LogP contribution in [-0.4, -0.2) is 0 Å². The van der Waals surface area contributed by atoms with Crippen LogP contribution in [0, 0.1) is 13.8 Å². The van der Waals surface area contributed by atoms with Crippen LogP contribution in [0.15, 0.2) is 58.4 Å². The van der Waals surface area contributed by atoms with Gasteiger partial charge in [-0.2, -0.15) is 0 Å². The van der Waals surface area contributed by atoms with Crippen LogP contribution in [0.4, 0.5) is 0 Å². The van der Waals surface area contributed by atoms with Gasteiger partial charge in [0.15, 0.2) is 0 Å². The van der Waals surface area contributed by atoms with E-state index in [0.717, 1.165) is 0 Å². The summed E-state index contributed by atoms with van der Waals surface area (Å²) >= 11 is 1.89. The second-order valence-electron chi connectivity index (χ2n) is 5.05. The maximum atomic E-state index is 2.34. The molecule has 96 valence electrons. The molecular formula is C18H18S. The van der Waals surface area contributed by atoms with E-state index in [1.807, 2.05) is 11.8 Å². The summed E-state index contributed by atoms with van der Waals surface area (Å²) in [5.74, 6) is 0. The van der Waals surface area contributed by atoms with Crippen LogP contribution in [0.5, 0.6) is 0 Å². The number of hydrogen-bond acceptors (Lipinski definition) is 1. The molecule has 0 spiro atoms. The largest absolute Gasteiger partial charge is 0.0901 e. The van der Waals surface area contributed by atoms with Crippen molar-refractivity contribution in [2.75, 3.05) is 0 Å². The van der Waals surface area contributed by atoms with Gasteiger partial charge >= 0.3 is 0 Å². The van der Waals surface area contributed by atoms with Crippen LogP contribution in [-0.2, 0) is 0 Å². The van der Waals surface area contributed by atoms with Crippen molar-refractivity contribution in [2.45, 2.75) is 31.6 Å². The summed E-state index contributed by atoms with van der Waals surface area (Å²) in [5.41, 5.74) is 2.76. The highest BCUT2D eigenvalue weighted by molar-refractivity contribution is 8.03. The molecule has 1 aliphatic carbocycles. The molecule has 3 rings (SSSR count). The molecule has 0 bridgehead atoms. The minimum Gasteiger partial charge on any atom is -0.0901 e. The Morgan fingerprint density at radius 1 is 1.00 bits per heavy atom. The fourth-order valence-corrected chi connectivity index (χ4v) is 3.69. The molecule has 0 atom stereocenters. The van der Waals surface area contributed by atoms with Crippen molar-refractivity contribution < 1.29 is 0 Å². The van der Waals surface area contributed by atoms with Gasteiger partial charge in [0, 0.05) is 9.80 Å². The van der Waals surface area contributed by atoms with E-state index < -0.39 is 0 Å². The minimum absolute atomic E-state index is 1.17. The Bertz CT molecular complexity index is 677. The zero-order chi connectivity index (χ0) is 13.2. The number of allylic oxidation sites excluding steroid dienone is 3. The zero-order valence-corrected chi connectivity index (χ0v) is 12.3. The molecule has 2 aromatic carbocycles. The van der Waals surface area contributed by atoms with Gasteiger partial charge in [0.05, 0.1) is 0 Å². The van der Waals surface area contributed by atoms with Crippen molar-refractivity contribution in [3.05, 3.63) is 64.6 Å². The Morgan fingerprint density at radius 2 is 1.79 bits per heavy atom. The van der Waals surface area contributed by atoms with Gasteiger partial charge in [-0.15, -0.1) is 0 Å². The Morgan fingerprint density at radius 3 is 2.53 bits per heavy atom. The molecular weight excluding hydrogens is 248 g/mol. The van der Waals surface area contributed by atoms with E-state index in [-0.39, 0.29) is 0 Å². The van der Waals surface area contributed by atoms with Crippen molar-refractivity contribution >= 4 is 22.5 Å². The first-order valence-electron chi connectivity index (χ1n) is 6.79. The molecule has 0 aromatic heterocycles. The molecule has 0 unspecified atom stereocenters. The van der Waals surface area contributed by atoms with E-state index >= 15 is 0 Å². The average Bonchev–Trinajstić information content (AvgIpc) is 2.46. The summed E-state index contributed by atoms with van der Waals surface area (Å²) in [6.07, 6.45) is 9.21. The van der Waals surface area contributed by atoms with E-state index in [2.05, 4.69) is 62.4 Å². The van der Waals surface area contributed by atoms with Crippen molar-refractivity contribution in [3.63, 3.8) is 0 Å². The van der Waals surface area contributed by atoms with Crippen LogP contribution in [0.2, 0.25) is 0 Å². The van der Waals surface area contributed by atoms with Crippen molar-refractivity contribution in [2.24, 2.45) is 0 Å². The molecule has 0 aliphatic heterocycles. The summed E-state index contributed by atoms with van der Waals surface area (Å²) in [5, 5.41) is 2.75. The maximum absolute atomic E-state index is 2.34. The summed E-state index contributed by atoms with van der Waals surface area (Å²) in [7, 11) is 0. The predicted molar refractivity (Wildman–Crippen MR) is 85.7 cm³/mol. The maximum Gasteiger partial charge on any atom is 0.0160 e. The molecule has 0 saturated carbocycles. The van der Waals surface area contributed by atoms with Crippen molar-refractivity contribution in [1.29, 1.82) is 0 Å². The molecule has 1 heteroatoms. The topological polar surface area (TPSA) is 0 Å². The molecule has 0 radical (unpaired) electrons. The normalized spacial score (nSPS) is 14.7. The number of benzene rings is 2. The highest BCUT2D eigenvalue weighted by atomic mass is 32.2. The molecule has 0 saturated heterocycles. The molecule has 0 amide bonds. The van der Waals surface area contributed by atoms with Gasteiger partial charge < -0.3 is 0 Å². The van der Waals surface area contributed by atoms with E-state index in [1.54, 1.807) is 0 Å². The number of thioether (sulfide) groups is 1. The standard InChI is InChI=1S/C18H18S/c1-13-12-18(19-15-8-4-3-5-9-15)14(2)17-11-7-6-10-16(13)17/h4,6-12H,3,5H2,1-2H3. The van der Waals surface area contributed by atoms with Crippen molar-refractivity contribution in [3.8, 4) is 0 Å². The second kappa shape index (κ2) is 5.26. The Balaban J connectivity index is 2.07. The third kappa shape index (κ3) is 2.48. The number of fused-ring (bicyclic) bond motifs is 1. The molecule has 0 N–H and O–H groups in total. The lowest BCUT2D eigenvalue weighted by molar-refractivity contribution is 1.03. The van der Waals surface area contributed by atoms with Crippen LogP contribution in [0.1, 0.15) is 24.0 Å². The lowest BCUT2D eigenvalue weighted by Gasteiger charge is -2.13. The Hall–Kier alpha value is -1.47.